The number of carbonyl (C=O) groups excluding carboxylic acids is 1. The van der Waals surface area contributed by atoms with Crippen LogP contribution in [0.25, 0.3) is 22.3 Å². The molecule has 2 aromatic heterocycles. The minimum absolute atomic E-state index is 0.0202. The summed E-state index contributed by atoms with van der Waals surface area (Å²) < 4.78 is 25.8. The van der Waals surface area contributed by atoms with Gasteiger partial charge in [-0.2, -0.15) is 4.98 Å². The predicted molar refractivity (Wildman–Crippen MR) is 155 cm³/mol. The zero-order valence-corrected chi connectivity index (χ0v) is 23.3. The number of aromatic nitrogens is 3. The number of halogens is 2. The summed E-state index contributed by atoms with van der Waals surface area (Å²) in [5.74, 6) is -1.40. The Bertz CT molecular complexity index is 1650. The molecule has 1 aliphatic carbocycles. The lowest BCUT2D eigenvalue weighted by molar-refractivity contribution is -0.126. The lowest BCUT2D eigenvalue weighted by Crippen LogP contribution is -2.54. The fourth-order valence-corrected chi connectivity index (χ4v) is 5.66. The summed E-state index contributed by atoms with van der Waals surface area (Å²) in [6.07, 6.45) is 8.31. The molecule has 208 valence electrons. The van der Waals surface area contributed by atoms with Crippen molar-refractivity contribution in [2.75, 3.05) is 24.5 Å². The van der Waals surface area contributed by atoms with E-state index in [-0.39, 0.29) is 45.5 Å². The fourth-order valence-electron chi connectivity index (χ4n) is 5.42. The first-order valence-corrected chi connectivity index (χ1v) is 13.5. The number of piperazine rings is 1. The van der Waals surface area contributed by atoms with Crippen molar-refractivity contribution in [1.82, 2.24) is 19.4 Å². The van der Waals surface area contributed by atoms with Crippen LogP contribution in [0.15, 0.2) is 66.0 Å². The Balaban J connectivity index is 1.80. The van der Waals surface area contributed by atoms with Gasteiger partial charge in [-0.1, -0.05) is 62.4 Å². The van der Waals surface area contributed by atoms with Crippen molar-refractivity contribution in [2.24, 2.45) is 11.8 Å². The number of phenolic OH excluding ortho intramolecular Hbond substituents is 1. The molecule has 1 saturated heterocycles. The molecule has 3 aromatic rings. The van der Waals surface area contributed by atoms with Crippen LogP contribution in [-0.4, -0.2) is 56.1 Å². The third kappa shape index (κ3) is 4.79. The summed E-state index contributed by atoms with van der Waals surface area (Å²) in [6.45, 7) is 10.6. The zero-order valence-electron chi connectivity index (χ0n) is 23.5. The summed E-state index contributed by atoms with van der Waals surface area (Å²) in [5, 5.41) is 11.0. The van der Waals surface area contributed by atoms with E-state index in [9.17, 15) is 16.1 Å². The minimum atomic E-state index is -1.60. The lowest BCUT2D eigenvalue weighted by Gasteiger charge is -2.40. The predicted octanol–water partition coefficient (Wildman–Crippen LogP) is 5.12. The van der Waals surface area contributed by atoms with Gasteiger partial charge in [-0.3, -0.25) is 9.36 Å². The molecular weight excluding hydrogens is 533 g/mol. The van der Waals surface area contributed by atoms with Crippen molar-refractivity contribution in [3.8, 4) is 17.0 Å². The lowest BCUT2D eigenvalue weighted by atomic mass is 9.85. The number of nitrogens with zero attached hydrogens (tertiary/aromatic N) is 5. The second-order valence-electron chi connectivity index (χ2n) is 10.3. The maximum absolute atomic E-state index is 15.0. The van der Waals surface area contributed by atoms with Crippen LogP contribution in [0.2, 0.25) is 5.02 Å². The Morgan fingerprint density at radius 2 is 2.02 bits per heavy atom. The van der Waals surface area contributed by atoms with Gasteiger partial charge in [0.2, 0.25) is 5.91 Å². The molecule has 0 spiro atoms. The summed E-state index contributed by atoms with van der Waals surface area (Å²) in [4.78, 5) is 38.9. The largest absolute Gasteiger partial charge is 0.507 e. The van der Waals surface area contributed by atoms with Gasteiger partial charge in [0.1, 0.15) is 23.0 Å². The van der Waals surface area contributed by atoms with E-state index in [2.05, 4.69) is 16.5 Å². The van der Waals surface area contributed by atoms with Gasteiger partial charge in [-0.25, -0.2) is 14.2 Å². The van der Waals surface area contributed by atoms with E-state index in [1.54, 1.807) is 23.1 Å². The number of anilines is 1. The number of pyridine rings is 1. The van der Waals surface area contributed by atoms with E-state index in [4.69, 9.17) is 11.6 Å². The summed E-state index contributed by atoms with van der Waals surface area (Å²) in [7, 11) is 0. The van der Waals surface area contributed by atoms with Gasteiger partial charge < -0.3 is 14.9 Å². The zero-order chi connectivity index (χ0) is 29.6. The average molecular weight is 565 g/mol. The van der Waals surface area contributed by atoms with Crippen LogP contribution in [-0.2, 0) is 4.79 Å². The maximum Gasteiger partial charge on any atom is 0.351 e. The van der Waals surface area contributed by atoms with Crippen LogP contribution in [0.1, 0.15) is 28.2 Å². The molecule has 40 heavy (non-hydrogen) atoms. The van der Waals surface area contributed by atoms with Gasteiger partial charge in [-0.05, 0) is 37.1 Å². The quantitative estimate of drug-likeness (QED) is 0.433. The van der Waals surface area contributed by atoms with Gasteiger partial charge >= 0.3 is 5.69 Å². The van der Waals surface area contributed by atoms with Crippen molar-refractivity contribution in [3.63, 3.8) is 0 Å². The number of hydrogen-bond donors (Lipinski definition) is 1. The molecule has 5 rings (SSSR count). The van der Waals surface area contributed by atoms with Crippen LogP contribution in [0, 0.1) is 17.7 Å². The van der Waals surface area contributed by atoms with E-state index in [0.717, 1.165) is 0 Å². The van der Waals surface area contributed by atoms with E-state index in [1.165, 1.54) is 28.8 Å². The first kappa shape index (κ1) is 26.3. The van der Waals surface area contributed by atoms with Crippen molar-refractivity contribution >= 4 is 34.4 Å². The fraction of sp³-hybridized carbons (Fsp3) is 0.333. The number of carbonyl (C=O) groups is 1. The number of amides is 1. The van der Waals surface area contributed by atoms with Crippen LogP contribution in [0.5, 0.6) is 5.75 Å². The SMILES string of the molecule is [2H]C1(n2c(=O)nc(N3CCN(C(=O)C=C)C[C@@H]3C)c3cc(Cl)c(-c4c(O)cccc4F)nc32)C=CC=CC1C(C)C. The number of fused-ring (bicyclic) bond motifs is 1. The molecule has 8 nitrogen and oxygen atoms in total. The van der Waals surface area contributed by atoms with Crippen LogP contribution in [0.4, 0.5) is 10.2 Å². The normalized spacial score (nSPS) is 23.1. The Morgan fingerprint density at radius 3 is 2.70 bits per heavy atom. The second kappa shape index (κ2) is 10.9. The van der Waals surface area contributed by atoms with Gasteiger partial charge in [-0.15, -0.1) is 0 Å². The Labute approximate surface area is 238 Å². The highest BCUT2D eigenvalue weighted by Gasteiger charge is 2.32. The first-order valence-electron chi connectivity index (χ1n) is 13.6. The smallest absolute Gasteiger partial charge is 0.351 e. The van der Waals surface area contributed by atoms with Crippen LogP contribution >= 0.6 is 11.6 Å². The van der Waals surface area contributed by atoms with Crippen LogP contribution < -0.4 is 10.6 Å². The third-order valence-electron chi connectivity index (χ3n) is 7.43. The van der Waals surface area contributed by atoms with Crippen molar-refractivity contribution in [3.05, 3.63) is 82.5 Å². The van der Waals surface area contributed by atoms with Gasteiger partial charge in [0.15, 0.2) is 0 Å². The van der Waals surface area contributed by atoms with Crippen molar-refractivity contribution < 1.29 is 15.7 Å². The molecule has 2 aliphatic rings. The van der Waals surface area contributed by atoms with E-state index in [0.29, 0.717) is 30.8 Å². The molecule has 1 fully saturated rings. The molecule has 1 aromatic carbocycles. The topological polar surface area (TPSA) is 91.6 Å². The Hall–Kier alpha value is -3.98. The summed E-state index contributed by atoms with van der Waals surface area (Å²) >= 11 is 6.69. The number of rotatable bonds is 5. The first-order chi connectivity index (χ1) is 19.5. The third-order valence-corrected chi connectivity index (χ3v) is 7.72. The number of hydrogen-bond acceptors (Lipinski definition) is 6. The van der Waals surface area contributed by atoms with Crippen LogP contribution in [0.3, 0.4) is 0 Å². The van der Waals surface area contributed by atoms with Gasteiger partial charge in [0, 0.05) is 31.6 Å². The van der Waals surface area contributed by atoms with E-state index < -0.39 is 23.4 Å². The van der Waals surface area contributed by atoms with Gasteiger partial charge in [0.25, 0.3) is 0 Å². The molecule has 1 amide bonds. The molecule has 0 bridgehead atoms. The Kier molecular flexibility index (Phi) is 7.14. The molecule has 0 radical (unpaired) electrons. The standard InChI is InChI=1S/C30H31ClFN5O3/c1-5-25(39)35-13-14-36(18(4)16-35)28-20-15-21(31)27(26-22(32)10-8-12-24(26)38)33-29(20)37(30(40)34-28)23-11-7-6-9-19(23)17(2)3/h5-12,15,17-19,23,38H,1,13-14,16H2,2-4H3/t18-,19?,23?/m0/s1/i23D. The molecule has 2 unspecified atom stereocenters. The molecular formula is C30H31ClFN5O3. The molecule has 1 aliphatic heterocycles. The molecule has 1 N–H and O–H groups in total. The molecule has 10 heteroatoms. The minimum Gasteiger partial charge on any atom is -0.507 e. The highest BCUT2D eigenvalue weighted by molar-refractivity contribution is 6.34. The highest BCUT2D eigenvalue weighted by Crippen LogP contribution is 2.40. The molecule has 3 atom stereocenters. The summed E-state index contributed by atoms with van der Waals surface area (Å²) in [5.41, 5.74) is -0.891. The number of benzene rings is 1. The molecule has 3 heterocycles. The van der Waals surface area contributed by atoms with E-state index in [1.807, 2.05) is 37.8 Å². The number of aromatic hydroxyl groups is 1. The maximum atomic E-state index is 15.0. The second-order valence-corrected chi connectivity index (χ2v) is 10.8. The highest BCUT2D eigenvalue weighted by atomic mass is 35.5. The van der Waals surface area contributed by atoms with Crippen molar-refractivity contribution in [1.29, 1.82) is 0 Å². The van der Waals surface area contributed by atoms with Gasteiger partial charge in [0.05, 0.1) is 29.1 Å². The Morgan fingerprint density at radius 1 is 1.27 bits per heavy atom. The average Bonchev–Trinajstić information content (AvgIpc) is 2.92. The van der Waals surface area contributed by atoms with E-state index >= 15 is 4.39 Å². The number of phenols is 1. The summed E-state index contributed by atoms with van der Waals surface area (Å²) in [6, 6.07) is 3.60. The van der Waals surface area contributed by atoms with Crippen molar-refractivity contribution in [2.45, 2.75) is 32.8 Å². The monoisotopic (exact) mass is 564 g/mol. The number of allylic oxidation sites excluding steroid dienone is 4. The molecule has 0 saturated carbocycles.